The van der Waals surface area contributed by atoms with Crippen LogP contribution < -0.4 is 10.6 Å². The van der Waals surface area contributed by atoms with Crippen molar-refractivity contribution in [1.29, 1.82) is 0 Å². The lowest BCUT2D eigenvalue weighted by molar-refractivity contribution is -0.129. The lowest BCUT2D eigenvalue weighted by Crippen LogP contribution is -2.39. The van der Waals surface area contributed by atoms with Crippen molar-refractivity contribution in [1.82, 2.24) is 10.6 Å². The third-order valence-corrected chi connectivity index (χ3v) is 2.05. The molecule has 0 unspecified atom stereocenters. The van der Waals surface area contributed by atoms with Gasteiger partial charge < -0.3 is 10.6 Å². The van der Waals surface area contributed by atoms with Crippen LogP contribution in [0.4, 0.5) is 0 Å². The van der Waals surface area contributed by atoms with Crippen molar-refractivity contribution in [2.75, 3.05) is 6.67 Å². The normalized spacial score (nSPS) is 10.4. The van der Waals surface area contributed by atoms with E-state index in [-0.39, 0.29) is 42.5 Å². The molecular weight excluding hydrogens is 208 g/mol. The summed E-state index contributed by atoms with van der Waals surface area (Å²) >= 11 is 0. The zero-order valence-corrected chi connectivity index (χ0v) is 10.3. The van der Waals surface area contributed by atoms with Crippen LogP contribution >= 0.6 is 0 Å². The molecule has 0 heterocycles. The standard InChI is InChI=1S/C11H20N2O3/c1-7(2)9(14)5-10(15)12-6-13-11(16)8(3)4/h7-8H,5-6H2,1-4H3,(H,12,15)(H,13,16). The van der Waals surface area contributed by atoms with Gasteiger partial charge in [0.25, 0.3) is 0 Å². The maximum atomic E-state index is 11.2. The Balaban J connectivity index is 3.75. The summed E-state index contributed by atoms with van der Waals surface area (Å²) < 4.78 is 0. The zero-order chi connectivity index (χ0) is 12.7. The lowest BCUT2D eigenvalue weighted by atomic mass is 10.1. The molecule has 16 heavy (non-hydrogen) atoms. The molecule has 0 aliphatic heterocycles. The maximum Gasteiger partial charge on any atom is 0.228 e. The highest BCUT2D eigenvalue weighted by atomic mass is 16.2. The van der Waals surface area contributed by atoms with Gasteiger partial charge in [-0.25, -0.2) is 0 Å². The van der Waals surface area contributed by atoms with Crippen LogP contribution in [-0.4, -0.2) is 24.3 Å². The second-order valence-electron chi connectivity index (χ2n) is 4.27. The molecular formula is C11H20N2O3. The van der Waals surface area contributed by atoms with Gasteiger partial charge in [-0.1, -0.05) is 27.7 Å². The molecule has 0 aromatic carbocycles. The number of amides is 2. The summed E-state index contributed by atoms with van der Waals surface area (Å²) in [5.74, 6) is -0.851. The summed E-state index contributed by atoms with van der Waals surface area (Å²) in [7, 11) is 0. The highest BCUT2D eigenvalue weighted by Gasteiger charge is 2.12. The third-order valence-electron chi connectivity index (χ3n) is 2.05. The monoisotopic (exact) mass is 228 g/mol. The van der Waals surface area contributed by atoms with E-state index in [4.69, 9.17) is 0 Å². The SMILES string of the molecule is CC(C)C(=O)CC(=O)NCNC(=O)C(C)C. The van der Waals surface area contributed by atoms with Gasteiger partial charge in [-0.15, -0.1) is 0 Å². The van der Waals surface area contributed by atoms with Crippen molar-refractivity contribution >= 4 is 17.6 Å². The first-order valence-corrected chi connectivity index (χ1v) is 5.41. The van der Waals surface area contributed by atoms with E-state index in [9.17, 15) is 14.4 Å². The van der Waals surface area contributed by atoms with Crippen molar-refractivity contribution in [2.24, 2.45) is 11.8 Å². The molecule has 0 aromatic rings. The Morgan fingerprint density at radius 1 is 0.938 bits per heavy atom. The molecule has 0 bridgehead atoms. The van der Waals surface area contributed by atoms with Crippen LogP contribution in [0.3, 0.4) is 0 Å². The molecule has 0 radical (unpaired) electrons. The van der Waals surface area contributed by atoms with Crippen LogP contribution in [0.15, 0.2) is 0 Å². The Labute approximate surface area is 96.0 Å². The average molecular weight is 228 g/mol. The van der Waals surface area contributed by atoms with Crippen molar-refractivity contribution in [3.63, 3.8) is 0 Å². The summed E-state index contributed by atoms with van der Waals surface area (Å²) in [5.41, 5.74) is 0. The number of hydrogen-bond donors (Lipinski definition) is 2. The topological polar surface area (TPSA) is 75.3 Å². The highest BCUT2D eigenvalue weighted by molar-refractivity contribution is 5.98. The number of nitrogens with one attached hydrogen (secondary N) is 2. The van der Waals surface area contributed by atoms with Gasteiger partial charge in [0.15, 0.2) is 0 Å². The Hall–Kier alpha value is -1.39. The lowest BCUT2D eigenvalue weighted by Gasteiger charge is -2.09. The van der Waals surface area contributed by atoms with E-state index in [1.165, 1.54) is 0 Å². The molecule has 0 aliphatic rings. The van der Waals surface area contributed by atoms with E-state index in [1.54, 1.807) is 27.7 Å². The fourth-order valence-electron chi connectivity index (χ4n) is 0.859. The van der Waals surface area contributed by atoms with Crippen molar-refractivity contribution in [2.45, 2.75) is 34.1 Å². The first-order chi connectivity index (χ1) is 7.34. The number of rotatable bonds is 6. The summed E-state index contributed by atoms with van der Waals surface area (Å²) in [6.07, 6.45) is -0.130. The van der Waals surface area contributed by atoms with Crippen LogP contribution in [0.25, 0.3) is 0 Å². The van der Waals surface area contributed by atoms with E-state index >= 15 is 0 Å². The minimum Gasteiger partial charge on any atom is -0.338 e. The van der Waals surface area contributed by atoms with Gasteiger partial charge in [0.2, 0.25) is 11.8 Å². The molecule has 2 N–H and O–H groups in total. The molecule has 0 fully saturated rings. The average Bonchev–Trinajstić information content (AvgIpc) is 2.16. The molecule has 0 aliphatic carbocycles. The van der Waals surface area contributed by atoms with E-state index in [2.05, 4.69) is 10.6 Å². The molecule has 0 rings (SSSR count). The van der Waals surface area contributed by atoms with Gasteiger partial charge in [0.05, 0.1) is 13.1 Å². The smallest absolute Gasteiger partial charge is 0.228 e. The second-order valence-corrected chi connectivity index (χ2v) is 4.27. The van der Waals surface area contributed by atoms with Gasteiger partial charge in [-0.3, -0.25) is 14.4 Å². The summed E-state index contributed by atoms with van der Waals surface area (Å²) in [4.78, 5) is 33.6. The number of carbonyl (C=O) groups excluding carboxylic acids is 3. The first kappa shape index (κ1) is 14.6. The van der Waals surface area contributed by atoms with Crippen LogP contribution in [0.1, 0.15) is 34.1 Å². The van der Waals surface area contributed by atoms with Gasteiger partial charge in [0, 0.05) is 11.8 Å². The largest absolute Gasteiger partial charge is 0.338 e. The molecule has 0 aromatic heterocycles. The van der Waals surface area contributed by atoms with Crippen molar-refractivity contribution < 1.29 is 14.4 Å². The Bertz CT molecular complexity index is 272. The number of hydrogen-bond acceptors (Lipinski definition) is 3. The fourth-order valence-corrected chi connectivity index (χ4v) is 0.859. The minimum atomic E-state index is -0.359. The summed E-state index contributed by atoms with van der Waals surface area (Å²) in [6.45, 7) is 7.09. The van der Waals surface area contributed by atoms with Crippen LogP contribution in [0, 0.1) is 11.8 Å². The van der Waals surface area contributed by atoms with E-state index in [0.717, 1.165) is 0 Å². The molecule has 0 atom stereocenters. The molecule has 5 heteroatoms. The Kier molecular flexibility index (Phi) is 6.37. The van der Waals surface area contributed by atoms with Crippen LogP contribution in [0.2, 0.25) is 0 Å². The third kappa shape index (κ3) is 6.16. The Morgan fingerprint density at radius 3 is 1.94 bits per heavy atom. The highest BCUT2D eigenvalue weighted by Crippen LogP contribution is 1.97. The zero-order valence-electron chi connectivity index (χ0n) is 10.3. The molecule has 92 valence electrons. The predicted octanol–water partition coefficient (Wildman–Crippen LogP) is 0.447. The summed E-state index contributed by atoms with van der Waals surface area (Å²) in [6, 6.07) is 0. The molecule has 5 nitrogen and oxygen atoms in total. The number of Topliss-reactive ketones (excluding diaryl/α,β-unsaturated/α-hetero) is 1. The fraction of sp³-hybridized carbons (Fsp3) is 0.727. The van der Waals surface area contributed by atoms with E-state index in [0.29, 0.717) is 0 Å². The van der Waals surface area contributed by atoms with E-state index < -0.39 is 0 Å². The molecule has 0 spiro atoms. The van der Waals surface area contributed by atoms with Gasteiger partial charge >= 0.3 is 0 Å². The van der Waals surface area contributed by atoms with Crippen LogP contribution in [0.5, 0.6) is 0 Å². The van der Waals surface area contributed by atoms with Gasteiger partial charge in [-0.2, -0.15) is 0 Å². The predicted molar refractivity (Wildman–Crippen MR) is 60.5 cm³/mol. The first-order valence-electron chi connectivity index (χ1n) is 5.41. The molecule has 0 saturated heterocycles. The quantitative estimate of drug-likeness (QED) is 0.512. The minimum absolute atomic E-state index is 0.0707. The maximum absolute atomic E-state index is 11.2. The van der Waals surface area contributed by atoms with Gasteiger partial charge in [0.1, 0.15) is 5.78 Å². The van der Waals surface area contributed by atoms with Crippen molar-refractivity contribution in [3.8, 4) is 0 Å². The Morgan fingerprint density at radius 2 is 1.50 bits per heavy atom. The number of ketones is 1. The second kappa shape index (κ2) is 6.98. The molecule has 0 saturated carbocycles. The van der Waals surface area contributed by atoms with Crippen molar-refractivity contribution in [3.05, 3.63) is 0 Å². The summed E-state index contributed by atoms with van der Waals surface area (Å²) in [5, 5.41) is 5.00. The van der Waals surface area contributed by atoms with Gasteiger partial charge in [-0.05, 0) is 0 Å². The van der Waals surface area contributed by atoms with Crippen LogP contribution in [-0.2, 0) is 14.4 Å². The molecule has 2 amide bonds. The van der Waals surface area contributed by atoms with E-state index in [1.807, 2.05) is 0 Å². The number of carbonyl (C=O) groups is 3.